The Morgan fingerprint density at radius 2 is 1.12 bits per heavy atom. The van der Waals surface area contributed by atoms with Crippen molar-refractivity contribution in [3.05, 3.63) is 62.3 Å². The van der Waals surface area contributed by atoms with Gasteiger partial charge in [0.05, 0.1) is 0 Å². The average molecular weight is 368 g/mol. The third kappa shape index (κ3) is 49.6. The van der Waals surface area contributed by atoms with Crippen molar-refractivity contribution in [1.29, 1.82) is 0 Å². The third-order valence-electron chi connectivity index (χ3n) is 2.07. The zero-order valence-corrected chi connectivity index (χ0v) is 18.3. The average Bonchev–Trinajstić information content (AvgIpc) is 2.98. The van der Waals surface area contributed by atoms with Crippen LogP contribution < -0.4 is 0 Å². The second-order valence-corrected chi connectivity index (χ2v) is 5.66. The molecule has 0 saturated heterocycles. The first-order chi connectivity index (χ1) is 10.8. The summed E-state index contributed by atoms with van der Waals surface area (Å²) in [7, 11) is 12.1. The first-order valence-corrected chi connectivity index (χ1v) is 7.80. The van der Waals surface area contributed by atoms with E-state index in [9.17, 15) is 0 Å². The van der Waals surface area contributed by atoms with Gasteiger partial charge in [0.25, 0.3) is 0 Å². The molecule has 1 rings (SSSR count). The maximum Gasteiger partial charge on any atom is 0.0154 e. The van der Waals surface area contributed by atoms with Crippen LogP contribution >= 0.6 is 0 Å². The van der Waals surface area contributed by atoms with Crippen LogP contribution in [-0.4, -0.2) is 76.6 Å². The van der Waals surface area contributed by atoms with Gasteiger partial charge in [-0.05, 0) is 42.3 Å². The van der Waals surface area contributed by atoms with Gasteiger partial charge in [-0.3, -0.25) is 6.08 Å². The van der Waals surface area contributed by atoms with Crippen LogP contribution in [0.3, 0.4) is 0 Å². The van der Waals surface area contributed by atoms with Crippen molar-refractivity contribution in [2.75, 3.05) is 61.9 Å². The molecule has 0 amide bonds. The van der Waals surface area contributed by atoms with Crippen LogP contribution in [0.5, 0.6) is 0 Å². The molecule has 0 N–H and O–H groups in total. The van der Waals surface area contributed by atoms with E-state index in [4.69, 9.17) is 0 Å². The van der Waals surface area contributed by atoms with Crippen LogP contribution in [-0.2, 0) is 21.7 Å². The second kappa shape index (κ2) is 27.2. The number of likely N-dealkylation sites (N-methyl/N-ethyl adjacent to an activating group) is 3. The summed E-state index contributed by atoms with van der Waals surface area (Å²) in [5, 5.41) is 0. The largest absolute Gasteiger partial charge is 0.306 e. The van der Waals surface area contributed by atoms with Gasteiger partial charge in [-0.1, -0.05) is 18.2 Å². The van der Waals surface area contributed by atoms with E-state index in [2.05, 4.69) is 46.6 Å². The quantitative estimate of drug-likeness (QED) is 0.404. The fourth-order valence-corrected chi connectivity index (χ4v) is 1.11. The number of hydrogen-bond acceptors (Lipinski definition) is 3. The summed E-state index contributed by atoms with van der Waals surface area (Å²) in [6.45, 7) is 13.6. The van der Waals surface area contributed by atoms with Crippen LogP contribution in [0.2, 0.25) is 0 Å². The Kier molecular flexibility index (Phi) is 35.2. The second-order valence-electron chi connectivity index (χ2n) is 5.66. The summed E-state index contributed by atoms with van der Waals surface area (Å²) in [5.74, 6) is 0. The van der Waals surface area contributed by atoms with Crippen LogP contribution in [0.1, 0.15) is 6.42 Å². The number of hydrogen-bond donors (Lipinski definition) is 0. The minimum Gasteiger partial charge on any atom is -0.306 e. The first kappa shape index (κ1) is 31.1. The molecule has 0 aromatic carbocycles. The zero-order chi connectivity index (χ0) is 18.5. The molecule has 0 saturated carbocycles. The molecular formula is C20H38N3Ti-. The van der Waals surface area contributed by atoms with Gasteiger partial charge < -0.3 is 14.7 Å². The van der Waals surface area contributed by atoms with Gasteiger partial charge in [0.1, 0.15) is 0 Å². The summed E-state index contributed by atoms with van der Waals surface area (Å²) < 4.78 is 0. The van der Waals surface area contributed by atoms with E-state index in [-0.39, 0.29) is 21.7 Å². The molecule has 0 atom stereocenters. The van der Waals surface area contributed by atoms with Crippen LogP contribution in [0.25, 0.3) is 0 Å². The van der Waals surface area contributed by atoms with Crippen molar-refractivity contribution in [1.82, 2.24) is 14.7 Å². The van der Waals surface area contributed by atoms with Gasteiger partial charge in [0.2, 0.25) is 0 Å². The van der Waals surface area contributed by atoms with E-state index in [1.807, 2.05) is 72.7 Å². The molecule has 4 heteroatoms. The molecule has 138 valence electrons. The molecule has 3 nitrogen and oxygen atoms in total. The van der Waals surface area contributed by atoms with E-state index in [1.54, 1.807) is 0 Å². The van der Waals surface area contributed by atoms with Crippen molar-refractivity contribution >= 4 is 0 Å². The van der Waals surface area contributed by atoms with Crippen LogP contribution in [0.15, 0.2) is 56.2 Å². The Hall–Kier alpha value is -0.706. The molecule has 0 fully saturated rings. The van der Waals surface area contributed by atoms with E-state index >= 15 is 0 Å². The molecule has 0 radical (unpaired) electrons. The maximum absolute atomic E-state index is 3.56. The van der Waals surface area contributed by atoms with Gasteiger partial charge in [-0.15, -0.1) is 26.2 Å². The molecule has 0 bridgehead atoms. The Morgan fingerprint density at radius 3 is 1.17 bits per heavy atom. The molecular weight excluding hydrogens is 330 g/mol. The smallest absolute Gasteiger partial charge is 0.0154 e. The topological polar surface area (TPSA) is 9.72 Å². The molecule has 0 spiro atoms. The predicted octanol–water partition coefficient (Wildman–Crippen LogP) is 3.51. The first-order valence-electron chi connectivity index (χ1n) is 7.80. The van der Waals surface area contributed by atoms with Crippen molar-refractivity contribution in [3.63, 3.8) is 0 Å². The molecule has 0 unspecified atom stereocenters. The third-order valence-corrected chi connectivity index (χ3v) is 2.07. The number of rotatable bonds is 6. The van der Waals surface area contributed by atoms with Crippen LogP contribution in [0.4, 0.5) is 0 Å². The van der Waals surface area contributed by atoms with E-state index in [0.29, 0.717) is 0 Å². The minimum absolute atomic E-state index is 0. The summed E-state index contributed by atoms with van der Waals surface area (Å²) in [5.41, 5.74) is 0. The van der Waals surface area contributed by atoms with E-state index < -0.39 is 0 Å². The predicted molar refractivity (Wildman–Crippen MR) is 108 cm³/mol. The summed E-state index contributed by atoms with van der Waals surface area (Å²) >= 11 is 0. The summed E-state index contributed by atoms with van der Waals surface area (Å²) in [6, 6.07) is 0. The molecule has 0 aliphatic heterocycles. The fourth-order valence-electron chi connectivity index (χ4n) is 1.11. The summed E-state index contributed by atoms with van der Waals surface area (Å²) in [6.07, 6.45) is 15.6. The van der Waals surface area contributed by atoms with Gasteiger partial charge in [0, 0.05) is 41.4 Å². The van der Waals surface area contributed by atoms with Crippen molar-refractivity contribution in [3.8, 4) is 0 Å². The van der Waals surface area contributed by atoms with Gasteiger partial charge in [0.15, 0.2) is 0 Å². The van der Waals surface area contributed by atoms with E-state index in [0.717, 1.165) is 26.1 Å². The molecule has 1 aliphatic carbocycles. The number of nitrogens with zero attached hydrogens (tertiary/aromatic N) is 3. The van der Waals surface area contributed by atoms with Crippen LogP contribution in [0, 0.1) is 6.08 Å². The molecule has 0 aromatic rings. The Morgan fingerprint density at radius 1 is 0.792 bits per heavy atom. The SMILES string of the molecule is C=CCN(C)C.C=CCN(C)C.C=CCN(C)C.[C-]1=CC=CC1.[Ti]. The fraction of sp³-hybridized carbons (Fsp3) is 0.500. The maximum atomic E-state index is 3.56. The molecule has 0 heterocycles. The Bertz CT molecular complexity index is 276. The zero-order valence-electron chi connectivity index (χ0n) is 16.8. The minimum atomic E-state index is 0. The van der Waals surface area contributed by atoms with E-state index in [1.165, 1.54) is 0 Å². The van der Waals surface area contributed by atoms with Crippen molar-refractivity contribution in [2.45, 2.75) is 6.42 Å². The molecule has 24 heavy (non-hydrogen) atoms. The van der Waals surface area contributed by atoms with Gasteiger partial charge in [-0.25, -0.2) is 12.2 Å². The van der Waals surface area contributed by atoms with Crippen molar-refractivity contribution in [2.24, 2.45) is 0 Å². The Balaban J connectivity index is -0.000000110. The normalized spacial score (nSPS) is 10.5. The van der Waals surface area contributed by atoms with Gasteiger partial charge in [-0.2, -0.15) is 6.08 Å². The molecule has 1 aliphatic rings. The summed E-state index contributed by atoms with van der Waals surface area (Å²) in [4.78, 5) is 6.19. The number of allylic oxidation sites excluding steroid dienone is 4. The Labute approximate surface area is 167 Å². The van der Waals surface area contributed by atoms with Gasteiger partial charge >= 0.3 is 0 Å². The molecule has 0 aromatic heterocycles. The standard InChI is InChI=1S/3C5H11N.C5H5.Ti/c3*1-4-5-6(2)3;1-2-4-5-3-1;/h3*4H,1,5H2,2-3H3;1-3H,4H2;/q;;;-1;. The monoisotopic (exact) mass is 368 g/mol. The van der Waals surface area contributed by atoms with Crippen molar-refractivity contribution < 1.29 is 21.7 Å².